The second kappa shape index (κ2) is 9.93. The molecule has 5 nitrogen and oxygen atoms in total. The van der Waals surface area contributed by atoms with Gasteiger partial charge in [-0.1, -0.05) is 35.9 Å². The van der Waals surface area contributed by atoms with Crippen LogP contribution in [0.5, 0.6) is 0 Å². The van der Waals surface area contributed by atoms with Crippen LogP contribution in [0.4, 0.5) is 19.0 Å². The number of carbonyl (C=O) groups excluding carboxylic acids is 1. The standard InChI is InChI=1S/C24H25F3N4OS/c1-17-4-6-18(7-5-17)23(20-3-2-14-33-20)29-22(32)16-30-10-12-31(13-11-30)21-9-8-19(15-28-21)24(25,26)27/h2-9,14-15,23H,10-13,16H2,1H3,(H,29,32). The lowest BCUT2D eigenvalue weighted by molar-refractivity contribution is -0.137. The molecule has 9 heteroatoms. The maximum absolute atomic E-state index is 12.9. The number of alkyl halides is 3. The van der Waals surface area contributed by atoms with Crippen molar-refractivity contribution in [3.05, 3.63) is 81.7 Å². The smallest absolute Gasteiger partial charge is 0.354 e. The van der Waals surface area contributed by atoms with Crippen LogP contribution in [0.1, 0.15) is 27.6 Å². The molecular formula is C24H25F3N4OS. The van der Waals surface area contributed by atoms with E-state index in [0.717, 1.165) is 28.3 Å². The predicted octanol–water partition coefficient (Wildman–Crippen LogP) is 4.50. The van der Waals surface area contributed by atoms with Gasteiger partial charge in [0.25, 0.3) is 0 Å². The molecule has 1 atom stereocenters. The van der Waals surface area contributed by atoms with Gasteiger partial charge < -0.3 is 10.2 Å². The second-order valence-corrected chi connectivity index (χ2v) is 9.07. The molecule has 3 aromatic rings. The zero-order chi connectivity index (χ0) is 23.4. The molecular weight excluding hydrogens is 449 g/mol. The summed E-state index contributed by atoms with van der Waals surface area (Å²) in [4.78, 5) is 21.9. The summed E-state index contributed by atoms with van der Waals surface area (Å²) < 4.78 is 38.2. The number of thiophene rings is 1. The van der Waals surface area contributed by atoms with Gasteiger partial charge in [-0.05, 0) is 36.1 Å². The number of anilines is 1. The monoisotopic (exact) mass is 474 g/mol. The molecule has 1 aliphatic heterocycles. The molecule has 1 fully saturated rings. The highest BCUT2D eigenvalue weighted by molar-refractivity contribution is 7.10. The van der Waals surface area contributed by atoms with Crippen LogP contribution in [0, 0.1) is 6.92 Å². The maximum atomic E-state index is 12.9. The summed E-state index contributed by atoms with van der Waals surface area (Å²) in [5, 5.41) is 5.16. The summed E-state index contributed by atoms with van der Waals surface area (Å²) >= 11 is 1.61. The molecule has 2 aromatic heterocycles. The Balaban J connectivity index is 1.33. The maximum Gasteiger partial charge on any atom is 0.417 e. The summed E-state index contributed by atoms with van der Waals surface area (Å²) in [6.07, 6.45) is -3.53. The molecule has 3 heterocycles. The van der Waals surface area contributed by atoms with Crippen molar-refractivity contribution < 1.29 is 18.0 Å². The number of piperazine rings is 1. The molecule has 1 aromatic carbocycles. The molecule has 33 heavy (non-hydrogen) atoms. The average molecular weight is 475 g/mol. The first kappa shape index (κ1) is 23.3. The van der Waals surface area contributed by atoms with Crippen molar-refractivity contribution in [1.29, 1.82) is 0 Å². The molecule has 1 amide bonds. The zero-order valence-corrected chi connectivity index (χ0v) is 19.0. The van der Waals surface area contributed by atoms with Crippen molar-refractivity contribution in [2.24, 2.45) is 0 Å². The minimum absolute atomic E-state index is 0.0601. The van der Waals surface area contributed by atoms with Crippen LogP contribution in [0.3, 0.4) is 0 Å². The van der Waals surface area contributed by atoms with Crippen LogP contribution in [-0.2, 0) is 11.0 Å². The highest BCUT2D eigenvalue weighted by atomic mass is 32.1. The molecule has 0 bridgehead atoms. The third-order valence-corrected chi connectivity index (χ3v) is 6.62. The zero-order valence-electron chi connectivity index (χ0n) is 18.2. The highest BCUT2D eigenvalue weighted by Crippen LogP contribution is 2.29. The molecule has 1 N–H and O–H groups in total. The van der Waals surface area contributed by atoms with Crippen LogP contribution in [0.2, 0.25) is 0 Å². The lowest BCUT2D eigenvalue weighted by Gasteiger charge is -2.35. The lowest BCUT2D eigenvalue weighted by atomic mass is 10.0. The van der Waals surface area contributed by atoms with E-state index >= 15 is 0 Å². The van der Waals surface area contributed by atoms with Crippen molar-refractivity contribution >= 4 is 23.1 Å². The van der Waals surface area contributed by atoms with Gasteiger partial charge in [-0.3, -0.25) is 9.69 Å². The van der Waals surface area contributed by atoms with E-state index in [1.807, 2.05) is 53.6 Å². The van der Waals surface area contributed by atoms with Crippen LogP contribution in [0.15, 0.2) is 60.1 Å². The van der Waals surface area contributed by atoms with E-state index in [1.165, 1.54) is 6.07 Å². The van der Waals surface area contributed by atoms with Crippen molar-refractivity contribution in [2.45, 2.75) is 19.1 Å². The minimum Gasteiger partial charge on any atom is -0.354 e. The average Bonchev–Trinajstić information content (AvgIpc) is 3.33. The Labute approximate surface area is 194 Å². The largest absolute Gasteiger partial charge is 0.417 e. The molecule has 0 saturated carbocycles. The number of hydrogen-bond acceptors (Lipinski definition) is 5. The van der Waals surface area contributed by atoms with Crippen molar-refractivity contribution in [1.82, 2.24) is 15.2 Å². The van der Waals surface area contributed by atoms with Gasteiger partial charge >= 0.3 is 6.18 Å². The van der Waals surface area contributed by atoms with E-state index in [0.29, 0.717) is 32.0 Å². The SMILES string of the molecule is Cc1ccc(C(NC(=O)CN2CCN(c3ccc(C(F)(F)F)cn3)CC2)c2cccs2)cc1. The van der Waals surface area contributed by atoms with Gasteiger partial charge in [0.1, 0.15) is 5.82 Å². The van der Waals surface area contributed by atoms with Crippen molar-refractivity contribution in [3.63, 3.8) is 0 Å². The predicted molar refractivity (Wildman–Crippen MR) is 123 cm³/mol. The van der Waals surface area contributed by atoms with Gasteiger partial charge in [-0.15, -0.1) is 11.3 Å². The Hall–Kier alpha value is -2.91. The van der Waals surface area contributed by atoms with Crippen LogP contribution >= 0.6 is 11.3 Å². The number of benzene rings is 1. The molecule has 0 aliphatic carbocycles. The van der Waals surface area contributed by atoms with Gasteiger partial charge in [-0.2, -0.15) is 13.2 Å². The van der Waals surface area contributed by atoms with Crippen molar-refractivity contribution in [3.8, 4) is 0 Å². The van der Waals surface area contributed by atoms with Crippen LogP contribution in [0.25, 0.3) is 0 Å². The second-order valence-electron chi connectivity index (χ2n) is 8.09. The first-order valence-corrected chi connectivity index (χ1v) is 11.6. The summed E-state index contributed by atoms with van der Waals surface area (Å²) in [6, 6.07) is 14.4. The number of aryl methyl sites for hydroxylation is 1. The number of aromatic nitrogens is 1. The van der Waals surface area contributed by atoms with E-state index in [4.69, 9.17) is 0 Å². The highest BCUT2D eigenvalue weighted by Gasteiger charge is 2.31. The minimum atomic E-state index is -4.39. The number of hydrogen-bond donors (Lipinski definition) is 1. The number of amides is 1. The van der Waals surface area contributed by atoms with Gasteiger partial charge in [0, 0.05) is 37.3 Å². The van der Waals surface area contributed by atoms with Gasteiger partial charge in [0.2, 0.25) is 5.91 Å². The Morgan fingerprint density at radius 2 is 1.82 bits per heavy atom. The third-order valence-electron chi connectivity index (χ3n) is 5.68. The summed E-state index contributed by atoms with van der Waals surface area (Å²) in [6.45, 7) is 4.74. The third kappa shape index (κ3) is 5.91. The van der Waals surface area contributed by atoms with Crippen LogP contribution < -0.4 is 10.2 Å². The topological polar surface area (TPSA) is 48.5 Å². The molecule has 0 radical (unpaired) electrons. The van der Waals surface area contributed by atoms with E-state index in [-0.39, 0.29) is 18.5 Å². The number of halogens is 3. The summed E-state index contributed by atoms with van der Waals surface area (Å²) in [5.41, 5.74) is 1.44. The van der Waals surface area contributed by atoms with E-state index in [9.17, 15) is 18.0 Å². The summed E-state index contributed by atoms with van der Waals surface area (Å²) in [7, 11) is 0. The fourth-order valence-electron chi connectivity index (χ4n) is 3.82. The molecule has 1 unspecified atom stereocenters. The number of pyridine rings is 1. The Bertz CT molecular complexity index is 1040. The number of nitrogens with zero attached hydrogens (tertiary/aromatic N) is 3. The molecule has 4 rings (SSSR count). The Morgan fingerprint density at radius 3 is 2.39 bits per heavy atom. The molecule has 174 valence electrons. The summed E-state index contributed by atoms with van der Waals surface area (Å²) in [5.74, 6) is 0.458. The Kier molecular flexibility index (Phi) is 6.99. The Morgan fingerprint density at radius 1 is 1.09 bits per heavy atom. The molecule has 0 spiro atoms. The first-order chi connectivity index (χ1) is 15.8. The number of carbonyl (C=O) groups is 1. The van der Waals surface area contributed by atoms with Crippen molar-refractivity contribution in [2.75, 3.05) is 37.6 Å². The normalized spacial score (nSPS) is 15.9. The number of nitrogens with one attached hydrogen (secondary N) is 1. The van der Waals surface area contributed by atoms with E-state index < -0.39 is 11.7 Å². The van der Waals surface area contributed by atoms with E-state index in [2.05, 4.69) is 15.2 Å². The molecule has 1 saturated heterocycles. The van der Waals surface area contributed by atoms with Gasteiger partial charge in [-0.25, -0.2) is 4.98 Å². The van der Waals surface area contributed by atoms with Gasteiger partial charge in [0.05, 0.1) is 18.2 Å². The molecule has 1 aliphatic rings. The van der Waals surface area contributed by atoms with Gasteiger partial charge in [0.15, 0.2) is 0 Å². The quantitative estimate of drug-likeness (QED) is 0.572. The van der Waals surface area contributed by atoms with E-state index in [1.54, 1.807) is 11.3 Å². The van der Waals surface area contributed by atoms with Crippen LogP contribution in [-0.4, -0.2) is 48.5 Å². The fraction of sp³-hybridized carbons (Fsp3) is 0.333. The lowest BCUT2D eigenvalue weighted by Crippen LogP contribution is -2.50. The number of rotatable bonds is 6. The first-order valence-electron chi connectivity index (χ1n) is 10.7. The fourth-order valence-corrected chi connectivity index (χ4v) is 4.62.